The van der Waals surface area contributed by atoms with Crippen LogP contribution in [0, 0.1) is 5.41 Å². The summed E-state index contributed by atoms with van der Waals surface area (Å²) in [6, 6.07) is 1.64. The molecule has 0 saturated carbocycles. The van der Waals surface area contributed by atoms with Crippen molar-refractivity contribution in [3.63, 3.8) is 0 Å². The Bertz CT molecular complexity index is 327. The van der Waals surface area contributed by atoms with Gasteiger partial charge in [0, 0.05) is 11.8 Å². The highest BCUT2D eigenvalue weighted by Gasteiger charge is 2.08. The van der Waals surface area contributed by atoms with E-state index in [0.717, 1.165) is 10.8 Å². The van der Waals surface area contributed by atoms with Crippen molar-refractivity contribution >= 4 is 29.2 Å². The predicted molar refractivity (Wildman–Crippen MR) is 56.7 cm³/mol. The molecular formula is C8H10ClN3S. The molecule has 0 aliphatic heterocycles. The molecular weight excluding hydrogens is 206 g/mol. The summed E-state index contributed by atoms with van der Waals surface area (Å²) in [6.07, 6.45) is 1.61. The molecule has 0 unspecified atom stereocenters. The van der Waals surface area contributed by atoms with Crippen molar-refractivity contribution in [1.29, 1.82) is 5.41 Å². The number of halogens is 1. The van der Waals surface area contributed by atoms with E-state index in [1.54, 1.807) is 12.3 Å². The van der Waals surface area contributed by atoms with Gasteiger partial charge in [0.1, 0.15) is 10.9 Å². The minimum atomic E-state index is -0.0228. The molecule has 0 bridgehead atoms. The van der Waals surface area contributed by atoms with Crippen molar-refractivity contribution in [1.82, 2.24) is 4.98 Å². The molecule has 0 spiro atoms. The van der Waals surface area contributed by atoms with E-state index in [2.05, 4.69) is 4.98 Å². The molecule has 1 aromatic rings. The van der Waals surface area contributed by atoms with Crippen molar-refractivity contribution in [3.8, 4) is 0 Å². The quantitative estimate of drug-likeness (QED) is 0.461. The number of nitrogens with one attached hydrogen (secondary N) is 1. The third kappa shape index (κ3) is 2.35. The number of amidine groups is 1. The van der Waals surface area contributed by atoms with Crippen LogP contribution in [0.4, 0.5) is 0 Å². The smallest absolute Gasteiger partial charge is 0.124 e. The number of nitrogen functional groups attached to an aromatic ring is 1. The Balaban J connectivity index is 3.10. The fourth-order valence-electron chi connectivity index (χ4n) is 0.870. The summed E-state index contributed by atoms with van der Waals surface area (Å²) < 4.78 is 0. The standard InChI is InChI=1S/C8H10ClN3S/c1-2-13-8-6(9)5(7(10)11)3-4-12-8/h3-4H,2H2,1H3,(H3,10,11). The Morgan fingerprint density at radius 2 is 2.46 bits per heavy atom. The highest BCUT2D eigenvalue weighted by molar-refractivity contribution is 7.99. The third-order valence-corrected chi connectivity index (χ3v) is 2.79. The molecule has 1 rings (SSSR count). The molecule has 70 valence electrons. The second-order valence-electron chi connectivity index (χ2n) is 2.32. The summed E-state index contributed by atoms with van der Waals surface area (Å²) in [5, 5.41) is 8.47. The maximum atomic E-state index is 7.26. The Morgan fingerprint density at radius 3 is 3.00 bits per heavy atom. The van der Waals surface area contributed by atoms with Crippen LogP contribution in [0.5, 0.6) is 0 Å². The van der Waals surface area contributed by atoms with Gasteiger partial charge < -0.3 is 5.73 Å². The molecule has 0 aliphatic carbocycles. The normalized spacial score (nSPS) is 10.0. The van der Waals surface area contributed by atoms with Gasteiger partial charge in [-0.3, -0.25) is 5.41 Å². The van der Waals surface area contributed by atoms with E-state index in [1.165, 1.54) is 11.8 Å². The second-order valence-corrected chi connectivity index (χ2v) is 3.96. The molecule has 5 heteroatoms. The molecule has 0 atom stereocenters. The number of rotatable bonds is 3. The van der Waals surface area contributed by atoms with Crippen LogP contribution in [0.1, 0.15) is 12.5 Å². The lowest BCUT2D eigenvalue weighted by Gasteiger charge is -2.05. The molecule has 0 saturated heterocycles. The number of thioether (sulfide) groups is 1. The van der Waals surface area contributed by atoms with Crippen molar-refractivity contribution in [2.45, 2.75) is 11.9 Å². The van der Waals surface area contributed by atoms with E-state index in [-0.39, 0.29) is 5.84 Å². The third-order valence-electron chi connectivity index (χ3n) is 1.43. The molecule has 0 radical (unpaired) electrons. The van der Waals surface area contributed by atoms with Crippen molar-refractivity contribution in [2.75, 3.05) is 5.75 Å². The Morgan fingerprint density at radius 1 is 1.77 bits per heavy atom. The molecule has 13 heavy (non-hydrogen) atoms. The van der Waals surface area contributed by atoms with Crippen LogP contribution in [0.2, 0.25) is 5.02 Å². The largest absolute Gasteiger partial charge is 0.384 e. The number of hydrogen-bond donors (Lipinski definition) is 2. The lowest BCUT2D eigenvalue weighted by Crippen LogP contribution is -2.12. The van der Waals surface area contributed by atoms with Crippen molar-refractivity contribution < 1.29 is 0 Å². The van der Waals surface area contributed by atoms with Gasteiger partial charge in [0.2, 0.25) is 0 Å². The molecule has 1 heterocycles. The summed E-state index contributed by atoms with van der Waals surface area (Å²) in [6.45, 7) is 2.02. The number of nitrogens with two attached hydrogens (primary N) is 1. The van der Waals surface area contributed by atoms with Crippen LogP contribution in [0.25, 0.3) is 0 Å². The Labute approximate surface area is 86.2 Å². The van der Waals surface area contributed by atoms with E-state index in [4.69, 9.17) is 22.7 Å². The van der Waals surface area contributed by atoms with Crippen LogP contribution in [0.15, 0.2) is 17.3 Å². The zero-order valence-electron chi connectivity index (χ0n) is 7.17. The molecule has 3 N–H and O–H groups in total. The number of pyridine rings is 1. The number of hydrogen-bond acceptors (Lipinski definition) is 3. The molecule has 0 fully saturated rings. The maximum absolute atomic E-state index is 7.26. The first-order valence-corrected chi connectivity index (χ1v) is 5.14. The highest BCUT2D eigenvalue weighted by atomic mass is 35.5. The van der Waals surface area contributed by atoms with Gasteiger partial charge >= 0.3 is 0 Å². The SMILES string of the molecule is CCSc1nccc(C(=N)N)c1Cl. The van der Waals surface area contributed by atoms with Crippen molar-refractivity contribution in [3.05, 3.63) is 22.8 Å². The number of aromatic nitrogens is 1. The summed E-state index contributed by atoms with van der Waals surface area (Å²) in [7, 11) is 0. The summed E-state index contributed by atoms with van der Waals surface area (Å²) in [5.74, 6) is 0.874. The van der Waals surface area contributed by atoms with Gasteiger partial charge in [-0.25, -0.2) is 4.98 Å². The molecule has 0 aliphatic rings. The first-order chi connectivity index (χ1) is 6.16. The van der Waals surface area contributed by atoms with E-state index in [9.17, 15) is 0 Å². The first kappa shape index (κ1) is 10.3. The van der Waals surface area contributed by atoms with Gasteiger partial charge in [0.05, 0.1) is 5.02 Å². The van der Waals surface area contributed by atoms with Gasteiger partial charge in [-0.15, -0.1) is 11.8 Å². The van der Waals surface area contributed by atoms with Crippen LogP contribution in [0.3, 0.4) is 0 Å². The zero-order chi connectivity index (χ0) is 9.84. The van der Waals surface area contributed by atoms with Crippen LogP contribution in [-0.2, 0) is 0 Å². The molecule has 1 aromatic heterocycles. The van der Waals surface area contributed by atoms with Gasteiger partial charge in [-0.1, -0.05) is 18.5 Å². The van der Waals surface area contributed by atoms with Crippen LogP contribution >= 0.6 is 23.4 Å². The molecule has 0 amide bonds. The Hall–Kier alpha value is -0.740. The van der Waals surface area contributed by atoms with E-state index >= 15 is 0 Å². The van der Waals surface area contributed by atoms with Crippen molar-refractivity contribution in [2.24, 2.45) is 5.73 Å². The summed E-state index contributed by atoms with van der Waals surface area (Å²) in [4.78, 5) is 4.09. The topological polar surface area (TPSA) is 62.8 Å². The zero-order valence-corrected chi connectivity index (χ0v) is 8.75. The van der Waals surface area contributed by atoms with Crippen LogP contribution in [-0.4, -0.2) is 16.6 Å². The highest BCUT2D eigenvalue weighted by Crippen LogP contribution is 2.27. The lowest BCUT2D eigenvalue weighted by molar-refractivity contribution is 1.12. The molecule has 0 aromatic carbocycles. The average molecular weight is 216 g/mol. The van der Waals surface area contributed by atoms with Gasteiger partial charge in [0.25, 0.3) is 0 Å². The fraction of sp³-hybridized carbons (Fsp3) is 0.250. The van der Waals surface area contributed by atoms with Crippen LogP contribution < -0.4 is 5.73 Å². The van der Waals surface area contributed by atoms with E-state index < -0.39 is 0 Å². The maximum Gasteiger partial charge on any atom is 0.124 e. The lowest BCUT2D eigenvalue weighted by atomic mass is 10.2. The second kappa shape index (κ2) is 4.48. The summed E-state index contributed by atoms with van der Waals surface area (Å²) in [5.41, 5.74) is 5.89. The average Bonchev–Trinajstić information content (AvgIpc) is 2.08. The number of nitrogens with zero attached hydrogens (tertiary/aromatic N) is 1. The molecule has 3 nitrogen and oxygen atoms in total. The summed E-state index contributed by atoms with van der Waals surface area (Å²) >= 11 is 7.52. The van der Waals surface area contributed by atoms with E-state index in [0.29, 0.717) is 10.6 Å². The first-order valence-electron chi connectivity index (χ1n) is 3.78. The van der Waals surface area contributed by atoms with Gasteiger partial charge in [0.15, 0.2) is 0 Å². The Kier molecular flexibility index (Phi) is 3.57. The van der Waals surface area contributed by atoms with Gasteiger partial charge in [-0.05, 0) is 11.8 Å². The monoisotopic (exact) mass is 215 g/mol. The minimum Gasteiger partial charge on any atom is -0.384 e. The van der Waals surface area contributed by atoms with Gasteiger partial charge in [-0.2, -0.15) is 0 Å². The predicted octanol–water partition coefficient (Wildman–Crippen LogP) is 2.13. The fourth-order valence-corrected chi connectivity index (χ4v) is 1.89. The van der Waals surface area contributed by atoms with E-state index in [1.807, 2.05) is 6.92 Å². The minimum absolute atomic E-state index is 0.0228.